The predicted octanol–water partition coefficient (Wildman–Crippen LogP) is 1.10. The van der Waals surface area contributed by atoms with E-state index >= 15 is 0 Å². The second-order valence-electron chi connectivity index (χ2n) is 4.57. The fourth-order valence-corrected chi connectivity index (χ4v) is 2.24. The highest BCUT2D eigenvalue weighted by Gasteiger charge is 2.51. The molecule has 0 saturated heterocycles. The third-order valence-electron chi connectivity index (χ3n) is 3.49. The summed E-state index contributed by atoms with van der Waals surface area (Å²) in [6, 6.07) is 0. The number of hydrogen-bond acceptors (Lipinski definition) is 1. The molecule has 3 heteroatoms. The largest absolute Gasteiger partial charge is 0.370 e. The van der Waals surface area contributed by atoms with Gasteiger partial charge in [-0.1, -0.05) is 0 Å². The van der Waals surface area contributed by atoms with Crippen LogP contribution in [0.15, 0.2) is 4.99 Å². The van der Waals surface area contributed by atoms with Crippen LogP contribution in [0, 0.1) is 11.8 Å². The lowest BCUT2D eigenvalue weighted by molar-refractivity contribution is 0.314. The average molecular weight is 181 g/mol. The van der Waals surface area contributed by atoms with Gasteiger partial charge < -0.3 is 11.1 Å². The molecule has 2 aliphatic carbocycles. The lowest BCUT2D eigenvalue weighted by atomic mass is 9.90. The van der Waals surface area contributed by atoms with E-state index < -0.39 is 0 Å². The number of guanidine groups is 1. The van der Waals surface area contributed by atoms with E-state index in [0.717, 1.165) is 11.8 Å². The molecular weight excluding hydrogens is 162 g/mol. The first-order valence-corrected chi connectivity index (χ1v) is 5.17. The summed E-state index contributed by atoms with van der Waals surface area (Å²) >= 11 is 0. The molecule has 0 aliphatic heterocycles. The summed E-state index contributed by atoms with van der Waals surface area (Å²) in [5, 5.41) is 3.39. The lowest BCUT2D eigenvalue weighted by Crippen LogP contribution is -2.52. The topological polar surface area (TPSA) is 50.4 Å². The second-order valence-corrected chi connectivity index (χ2v) is 4.57. The fraction of sp³-hybridized carbons (Fsp3) is 0.900. The van der Waals surface area contributed by atoms with Crippen LogP contribution >= 0.6 is 0 Å². The van der Waals surface area contributed by atoms with E-state index in [0.29, 0.717) is 5.96 Å². The monoisotopic (exact) mass is 181 g/mol. The Bertz CT molecular complexity index is 214. The molecule has 0 heterocycles. The molecule has 0 radical (unpaired) electrons. The van der Waals surface area contributed by atoms with Crippen molar-refractivity contribution in [2.75, 3.05) is 7.05 Å². The minimum atomic E-state index is 0.240. The van der Waals surface area contributed by atoms with Crippen LogP contribution in [0.2, 0.25) is 0 Å². The zero-order chi connectivity index (χ0) is 9.47. The van der Waals surface area contributed by atoms with Crippen LogP contribution in [0.25, 0.3) is 0 Å². The third-order valence-corrected chi connectivity index (χ3v) is 3.49. The summed E-state index contributed by atoms with van der Waals surface area (Å²) < 4.78 is 0. The highest BCUT2D eigenvalue weighted by atomic mass is 15.1. The number of nitrogens with two attached hydrogens (primary N) is 1. The Balaban J connectivity index is 2.03. The van der Waals surface area contributed by atoms with E-state index in [1.165, 1.54) is 25.7 Å². The quantitative estimate of drug-likeness (QED) is 0.506. The molecule has 0 spiro atoms. The van der Waals surface area contributed by atoms with Crippen LogP contribution in [-0.4, -0.2) is 18.5 Å². The van der Waals surface area contributed by atoms with Gasteiger partial charge >= 0.3 is 0 Å². The predicted molar refractivity (Wildman–Crippen MR) is 54.5 cm³/mol. The molecule has 2 saturated carbocycles. The second kappa shape index (κ2) is 2.89. The molecule has 3 N–H and O–H groups in total. The van der Waals surface area contributed by atoms with E-state index in [9.17, 15) is 0 Å². The third kappa shape index (κ3) is 1.64. The van der Waals surface area contributed by atoms with Crippen molar-refractivity contribution in [3.8, 4) is 0 Å². The van der Waals surface area contributed by atoms with Crippen molar-refractivity contribution >= 4 is 5.96 Å². The maximum atomic E-state index is 5.73. The zero-order valence-corrected chi connectivity index (χ0v) is 8.51. The van der Waals surface area contributed by atoms with Crippen LogP contribution in [0.1, 0.15) is 32.6 Å². The Hall–Kier alpha value is -0.730. The molecule has 0 atom stereocenters. The summed E-state index contributed by atoms with van der Waals surface area (Å²) in [6.07, 6.45) is 5.43. The summed E-state index contributed by atoms with van der Waals surface area (Å²) in [4.78, 5) is 3.98. The first kappa shape index (κ1) is 8.85. The van der Waals surface area contributed by atoms with Gasteiger partial charge in [0.2, 0.25) is 0 Å². The Morgan fingerprint density at radius 1 is 1.31 bits per heavy atom. The van der Waals surface area contributed by atoms with Crippen LogP contribution in [0.4, 0.5) is 0 Å². The molecule has 13 heavy (non-hydrogen) atoms. The van der Waals surface area contributed by atoms with E-state index in [4.69, 9.17) is 5.73 Å². The highest BCUT2D eigenvalue weighted by molar-refractivity contribution is 5.78. The molecule has 0 aromatic heterocycles. The van der Waals surface area contributed by atoms with Crippen molar-refractivity contribution in [1.82, 2.24) is 5.32 Å². The van der Waals surface area contributed by atoms with Gasteiger partial charge in [0.05, 0.1) is 0 Å². The molecule has 0 unspecified atom stereocenters. The van der Waals surface area contributed by atoms with Crippen LogP contribution in [0.5, 0.6) is 0 Å². The van der Waals surface area contributed by atoms with Gasteiger partial charge in [-0.3, -0.25) is 4.99 Å². The molecule has 3 nitrogen and oxygen atoms in total. The van der Waals surface area contributed by atoms with E-state index in [1.54, 1.807) is 7.05 Å². The van der Waals surface area contributed by atoms with Crippen molar-refractivity contribution in [3.63, 3.8) is 0 Å². The SMILES string of the molecule is CN=C(N)NC(C)(C1CC1)C1CC1. The van der Waals surface area contributed by atoms with Crippen molar-refractivity contribution in [1.29, 1.82) is 0 Å². The lowest BCUT2D eigenvalue weighted by Gasteiger charge is -2.31. The summed E-state index contributed by atoms with van der Waals surface area (Å²) in [6.45, 7) is 2.31. The van der Waals surface area contributed by atoms with Gasteiger partial charge in [-0.05, 0) is 44.4 Å². The molecule has 2 aliphatic rings. The van der Waals surface area contributed by atoms with Crippen molar-refractivity contribution in [3.05, 3.63) is 0 Å². The fourth-order valence-electron chi connectivity index (χ4n) is 2.24. The molecule has 2 fully saturated rings. The average Bonchev–Trinajstić information content (AvgIpc) is 2.89. The summed E-state index contributed by atoms with van der Waals surface area (Å²) in [7, 11) is 1.74. The molecular formula is C10H19N3. The van der Waals surface area contributed by atoms with Gasteiger partial charge in [-0.25, -0.2) is 0 Å². The molecule has 74 valence electrons. The van der Waals surface area contributed by atoms with Gasteiger partial charge in [-0.2, -0.15) is 0 Å². The molecule has 0 aromatic carbocycles. The van der Waals surface area contributed by atoms with Crippen LogP contribution < -0.4 is 11.1 Å². The highest BCUT2D eigenvalue weighted by Crippen LogP contribution is 2.51. The molecule has 2 rings (SSSR count). The van der Waals surface area contributed by atoms with Gasteiger partial charge in [-0.15, -0.1) is 0 Å². The number of aliphatic imine (C=N–C) groups is 1. The normalized spacial score (nSPS) is 24.6. The minimum absolute atomic E-state index is 0.240. The zero-order valence-electron chi connectivity index (χ0n) is 8.51. The first-order valence-electron chi connectivity index (χ1n) is 5.17. The summed E-state index contributed by atoms with van der Waals surface area (Å²) in [5.74, 6) is 2.27. The maximum Gasteiger partial charge on any atom is 0.188 e. The van der Waals surface area contributed by atoms with Gasteiger partial charge in [0.1, 0.15) is 0 Å². The van der Waals surface area contributed by atoms with Gasteiger partial charge in [0.25, 0.3) is 0 Å². The Kier molecular flexibility index (Phi) is 1.97. The Morgan fingerprint density at radius 2 is 1.77 bits per heavy atom. The van der Waals surface area contributed by atoms with Crippen molar-refractivity contribution in [2.24, 2.45) is 22.6 Å². The standard InChI is InChI=1S/C10H19N3/c1-10(7-3-4-7,8-5-6-8)13-9(11)12-2/h7-8H,3-6H2,1-2H3,(H3,11,12,13). The van der Waals surface area contributed by atoms with Crippen molar-refractivity contribution < 1.29 is 0 Å². The Morgan fingerprint density at radius 3 is 2.08 bits per heavy atom. The molecule has 0 bridgehead atoms. The number of nitrogens with zero attached hydrogens (tertiary/aromatic N) is 1. The van der Waals surface area contributed by atoms with E-state index in [-0.39, 0.29) is 5.54 Å². The van der Waals surface area contributed by atoms with E-state index in [1.807, 2.05) is 0 Å². The summed E-state index contributed by atoms with van der Waals surface area (Å²) in [5.41, 5.74) is 5.97. The van der Waals surface area contributed by atoms with E-state index in [2.05, 4.69) is 17.2 Å². The number of rotatable bonds is 3. The number of nitrogens with one attached hydrogen (secondary N) is 1. The maximum absolute atomic E-state index is 5.73. The molecule has 0 amide bonds. The minimum Gasteiger partial charge on any atom is -0.370 e. The Labute approximate surface area is 79.8 Å². The van der Waals surface area contributed by atoms with Crippen LogP contribution in [-0.2, 0) is 0 Å². The molecule has 0 aromatic rings. The first-order chi connectivity index (χ1) is 6.16. The van der Waals surface area contributed by atoms with Crippen molar-refractivity contribution in [2.45, 2.75) is 38.1 Å². The number of hydrogen-bond donors (Lipinski definition) is 2. The smallest absolute Gasteiger partial charge is 0.188 e. The van der Waals surface area contributed by atoms with Gasteiger partial charge in [0.15, 0.2) is 5.96 Å². The van der Waals surface area contributed by atoms with Gasteiger partial charge in [0, 0.05) is 12.6 Å². The van der Waals surface area contributed by atoms with Crippen LogP contribution in [0.3, 0.4) is 0 Å².